The number of aromatic nitrogens is 2. The molecule has 1 saturated heterocycles. The van der Waals surface area contributed by atoms with Crippen molar-refractivity contribution in [2.75, 3.05) is 31.6 Å². The second-order valence-corrected chi connectivity index (χ2v) is 7.99. The van der Waals surface area contributed by atoms with E-state index in [1.54, 1.807) is 6.07 Å². The van der Waals surface area contributed by atoms with Crippen LogP contribution in [-0.2, 0) is 28.8 Å². The van der Waals surface area contributed by atoms with Crippen molar-refractivity contribution in [2.24, 2.45) is 0 Å². The first kappa shape index (κ1) is 21.1. The highest BCUT2D eigenvalue weighted by Gasteiger charge is 2.42. The number of nitrogens with one attached hydrogen (secondary N) is 1. The summed E-state index contributed by atoms with van der Waals surface area (Å²) in [4.78, 5) is 14.8. The van der Waals surface area contributed by atoms with E-state index in [4.69, 9.17) is 16.3 Å². The lowest BCUT2D eigenvalue weighted by Gasteiger charge is -2.26. The average Bonchev–Trinajstić information content (AvgIpc) is 3.45. The monoisotopic (exact) mass is 442 g/mol. The molecule has 0 radical (unpaired) electrons. The molecule has 0 unspecified atom stereocenters. The molecule has 162 valence electrons. The number of carbonyl (C=O) groups excluding carboxylic acids is 1. The minimum absolute atomic E-state index is 0.0780. The topological polar surface area (TPSA) is 59.4 Å². The molecule has 6 nitrogen and oxygen atoms in total. The van der Waals surface area contributed by atoms with Crippen molar-refractivity contribution in [1.29, 1.82) is 0 Å². The molecule has 2 fully saturated rings. The number of carbonyl (C=O) groups is 1. The van der Waals surface area contributed by atoms with Crippen molar-refractivity contribution >= 4 is 23.2 Å². The van der Waals surface area contributed by atoms with Gasteiger partial charge in [-0.15, -0.1) is 0 Å². The van der Waals surface area contributed by atoms with Gasteiger partial charge in [0.15, 0.2) is 5.69 Å². The normalized spacial score (nSPS) is 17.9. The summed E-state index contributed by atoms with van der Waals surface area (Å²) in [6.07, 6.45) is -3.17. The molecule has 0 spiro atoms. The van der Waals surface area contributed by atoms with E-state index < -0.39 is 22.8 Å². The third kappa shape index (κ3) is 4.96. The molecule has 1 N–H and O–H groups in total. The van der Waals surface area contributed by atoms with Crippen LogP contribution < -0.4 is 5.32 Å². The van der Waals surface area contributed by atoms with Gasteiger partial charge in [0.1, 0.15) is 6.54 Å². The maximum atomic E-state index is 13.2. The first-order chi connectivity index (χ1) is 14.3. The second kappa shape index (κ2) is 8.56. The summed E-state index contributed by atoms with van der Waals surface area (Å²) in [5.41, 5.74) is 0.787. The molecule has 2 aromatic rings. The first-order valence-corrected chi connectivity index (χ1v) is 10.2. The lowest BCUT2D eigenvalue weighted by atomic mass is 10.2. The van der Waals surface area contributed by atoms with Gasteiger partial charge in [-0.3, -0.25) is 14.4 Å². The van der Waals surface area contributed by atoms with E-state index in [9.17, 15) is 18.0 Å². The predicted molar refractivity (Wildman–Crippen MR) is 105 cm³/mol. The highest BCUT2D eigenvalue weighted by atomic mass is 35.5. The Balaban J connectivity index is 1.44. The van der Waals surface area contributed by atoms with E-state index in [1.165, 1.54) is 0 Å². The molecular weight excluding hydrogens is 421 g/mol. The molecule has 1 aromatic heterocycles. The van der Waals surface area contributed by atoms with Gasteiger partial charge in [0.2, 0.25) is 5.91 Å². The van der Waals surface area contributed by atoms with Crippen molar-refractivity contribution in [2.45, 2.75) is 38.0 Å². The number of amides is 1. The molecule has 1 aliphatic heterocycles. The van der Waals surface area contributed by atoms with Crippen LogP contribution in [0.3, 0.4) is 0 Å². The summed E-state index contributed by atoms with van der Waals surface area (Å²) in [5, 5.41) is 5.96. The van der Waals surface area contributed by atoms with Crippen molar-refractivity contribution < 1.29 is 22.7 Å². The van der Waals surface area contributed by atoms with Crippen molar-refractivity contribution in [3.63, 3.8) is 0 Å². The molecule has 2 aliphatic rings. The van der Waals surface area contributed by atoms with Crippen LogP contribution >= 0.6 is 11.6 Å². The quantitative estimate of drug-likeness (QED) is 0.737. The number of halogens is 4. The second-order valence-electron chi connectivity index (χ2n) is 7.61. The zero-order valence-corrected chi connectivity index (χ0v) is 17.0. The molecule has 1 amide bonds. The molecule has 1 saturated carbocycles. The van der Waals surface area contributed by atoms with Crippen LogP contribution in [0, 0.1) is 0 Å². The number of hydrogen-bond donors (Lipinski definition) is 1. The highest BCUT2D eigenvalue weighted by molar-refractivity contribution is 6.32. The standard InChI is InChI=1S/C20H22ClF3N4O2/c21-17-18(14-4-5-14)28(26-19(17)20(22,23)24)12-16(29)25-15-3-1-2-13(10-15)11-27-6-8-30-9-7-27/h1-3,10,14H,4-9,11-12H2,(H,25,29). The van der Waals surface area contributed by atoms with Gasteiger partial charge in [0.05, 0.1) is 23.9 Å². The Morgan fingerprint density at radius 3 is 2.67 bits per heavy atom. The van der Waals surface area contributed by atoms with Gasteiger partial charge in [0.25, 0.3) is 0 Å². The molecule has 10 heteroatoms. The molecule has 0 atom stereocenters. The number of morpholine rings is 1. The fourth-order valence-electron chi connectivity index (χ4n) is 3.60. The van der Waals surface area contributed by atoms with Gasteiger partial charge in [-0.2, -0.15) is 18.3 Å². The van der Waals surface area contributed by atoms with Crippen LogP contribution in [0.4, 0.5) is 18.9 Å². The minimum atomic E-state index is -4.66. The smallest absolute Gasteiger partial charge is 0.379 e. The number of alkyl halides is 3. The zero-order chi connectivity index (χ0) is 21.3. The van der Waals surface area contributed by atoms with Gasteiger partial charge < -0.3 is 10.1 Å². The SMILES string of the molecule is O=C(Cn1nc(C(F)(F)F)c(Cl)c1C1CC1)Nc1cccc(CN2CCOCC2)c1. The Morgan fingerprint density at radius 1 is 1.27 bits per heavy atom. The molecule has 0 bridgehead atoms. The number of hydrogen-bond acceptors (Lipinski definition) is 4. The predicted octanol–water partition coefficient (Wildman–Crippen LogP) is 3.90. The number of nitrogens with zero attached hydrogens (tertiary/aromatic N) is 3. The van der Waals surface area contributed by atoms with E-state index in [0.717, 1.165) is 42.7 Å². The fourth-order valence-corrected chi connectivity index (χ4v) is 4.00. The summed E-state index contributed by atoms with van der Waals surface area (Å²) in [6.45, 7) is 3.51. The van der Waals surface area contributed by atoms with Crippen molar-refractivity contribution in [1.82, 2.24) is 14.7 Å². The summed E-state index contributed by atoms with van der Waals surface area (Å²) >= 11 is 5.96. The van der Waals surface area contributed by atoms with E-state index in [2.05, 4.69) is 15.3 Å². The molecule has 1 aromatic carbocycles. The van der Waals surface area contributed by atoms with Crippen molar-refractivity contribution in [3.05, 3.63) is 46.2 Å². The number of rotatable bonds is 6. The summed E-state index contributed by atoms with van der Waals surface area (Å²) < 4.78 is 46.0. The van der Waals surface area contributed by atoms with Gasteiger partial charge in [-0.1, -0.05) is 23.7 Å². The lowest BCUT2D eigenvalue weighted by Crippen LogP contribution is -2.35. The van der Waals surface area contributed by atoms with Crippen LogP contribution in [0.2, 0.25) is 5.02 Å². The van der Waals surface area contributed by atoms with E-state index in [-0.39, 0.29) is 12.5 Å². The molecule has 1 aliphatic carbocycles. The number of ether oxygens (including phenoxy) is 1. The van der Waals surface area contributed by atoms with Gasteiger partial charge >= 0.3 is 6.18 Å². The number of benzene rings is 1. The minimum Gasteiger partial charge on any atom is -0.379 e. The first-order valence-electron chi connectivity index (χ1n) is 9.83. The van der Waals surface area contributed by atoms with Gasteiger partial charge in [-0.25, -0.2) is 0 Å². The Kier molecular flexibility index (Phi) is 6.04. The summed E-state index contributed by atoms with van der Waals surface area (Å²) in [6, 6.07) is 7.43. The van der Waals surface area contributed by atoms with Crippen LogP contribution in [-0.4, -0.2) is 46.9 Å². The maximum absolute atomic E-state index is 13.2. The Labute approximate surface area is 176 Å². The number of anilines is 1. The summed E-state index contributed by atoms with van der Waals surface area (Å²) in [7, 11) is 0. The van der Waals surface area contributed by atoms with E-state index in [1.807, 2.05) is 18.2 Å². The Bertz CT molecular complexity index is 921. The van der Waals surface area contributed by atoms with E-state index in [0.29, 0.717) is 24.6 Å². The zero-order valence-electron chi connectivity index (χ0n) is 16.2. The molecule has 2 heterocycles. The van der Waals surface area contributed by atoms with Crippen LogP contribution in [0.25, 0.3) is 0 Å². The van der Waals surface area contributed by atoms with E-state index >= 15 is 0 Å². The van der Waals surface area contributed by atoms with Gasteiger partial charge in [0, 0.05) is 31.2 Å². The third-order valence-corrected chi connectivity index (χ3v) is 5.55. The highest BCUT2D eigenvalue weighted by Crippen LogP contribution is 2.46. The van der Waals surface area contributed by atoms with Crippen LogP contribution in [0.1, 0.15) is 35.7 Å². The average molecular weight is 443 g/mol. The molecule has 4 rings (SSSR count). The van der Waals surface area contributed by atoms with Gasteiger partial charge in [-0.05, 0) is 30.5 Å². The Morgan fingerprint density at radius 2 is 2.00 bits per heavy atom. The Hall–Kier alpha value is -2.10. The third-order valence-electron chi connectivity index (χ3n) is 5.18. The van der Waals surface area contributed by atoms with Crippen molar-refractivity contribution in [3.8, 4) is 0 Å². The van der Waals surface area contributed by atoms with Crippen LogP contribution in [0.15, 0.2) is 24.3 Å². The van der Waals surface area contributed by atoms with Crippen LogP contribution in [0.5, 0.6) is 0 Å². The molecular formula is C20H22ClF3N4O2. The summed E-state index contributed by atoms with van der Waals surface area (Å²) in [5.74, 6) is -0.529. The maximum Gasteiger partial charge on any atom is 0.436 e. The lowest BCUT2D eigenvalue weighted by molar-refractivity contribution is -0.141. The largest absolute Gasteiger partial charge is 0.436 e. The fraction of sp³-hybridized carbons (Fsp3) is 0.500. The molecule has 30 heavy (non-hydrogen) atoms.